The van der Waals surface area contributed by atoms with Gasteiger partial charge in [-0.15, -0.1) is 0 Å². The summed E-state index contributed by atoms with van der Waals surface area (Å²) >= 11 is 0. The van der Waals surface area contributed by atoms with Gasteiger partial charge in [-0.1, -0.05) is 13.8 Å². The van der Waals surface area contributed by atoms with E-state index < -0.39 is 0 Å². The van der Waals surface area contributed by atoms with E-state index in [4.69, 9.17) is 10.5 Å². The third-order valence-corrected chi connectivity index (χ3v) is 4.07. The Morgan fingerprint density at radius 1 is 1.11 bits per heavy atom. The number of hydrogen-bond donors (Lipinski definition) is 3. The van der Waals surface area contributed by atoms with Crippen molar-refractivity contribution in [2.45, 2.75) is 26.7 Å². The minimum atomic E-state index is 0.651. The van der Waals surface area contributed by atoms with E-state index in [0.29, 0.717) is 23.6 Å². The Kier molecular flexibility index (Phi) is 11.1. The fourth-order valence-corrected chi connectivity index (χ4v) is 2.56. The van der Waals surface area contributed by atoms with Crippen LogP contribution in [0.15, 0.2) is 36.5 Å². The van der Waals surface area contributed by atoms with Crippen LogP contribution in [0.2, 0.25) is 0 Å². The van der Waals surface area contributed by atoms with Gasteiger partial charge in [0.1, 0.15) is 23.6 Å². The van der Waals surface area contributed by atoms with Crippen molar-refractivity contribution < 1.29 is 9.53 Å². The average molecular weight is 388 g/mol. The van der Waals surface area contributed by atoms with Gasteiger partial charge in [0.15, 0.2) is 0 Å². The molecule has 0 fully saturated rings. The Bertz CT molecular complexity index is 709. The van der Waals surface area contributed by atoms with Crippen LogP contribution in [0.5, 0.6) is 11.5 Å². The molecule has 4 N–H and O–H groups in total. The van der Waals surface area contributed by atoms with Crippen LogP contribution in [0, 0.1) is 0 Å². The number of nitrogens with two attached hydrogens (primary N) is 1. The van der Waals surface area contributed by atoms with Gasteiger partial charge in [-0.25, -0.2) is 4.98 Å². The van der Waals surface area contributed by atoms with Gasteiger partial charge in [-0.3, -0.25) is 0 Å². The third kappa shape index (κ3) is 8.26. The van der Waals surface area contributed by atoms with Gasteiger partial charge in [0.25, 0.3) is 0 Å². The molecule has 0 saturated heterocycles. The zero-order valence-electron chi connectivity index (χ0n) is 17.4. The molecule has 0 aliphatic carbocycles. The summed E-state index contributed by atoms with van der Waals surface area (Å²) in [7, 11) is 3.64. The van der Waals surface area contributed by atoms with Gasteiger partial charge in [0.05, 0.1) is 11.4 Å². The lowest BCUT2D eigenvalue weighted by molar-refractivity contribution is -0.108. The Hall–Kier alpha value is -2.80. The van der Waals surface area contributed by atoms with E-state index in [1.54, 1.807) is 18.3 Å². The SMILES string of the molecule is CCCN(CC)CCC=O.CNc1cc(Oc2ccc(NC)c(N)c2)ccn1. The van der Waals surface area contributed by atoms with E-state index >= 15 is 0 Å². The molecule has 154 valence electrons. The second-order valence-corrected chi connectivity index (χ2v) is 6.12. The highest BCUT2D eigenvalue weighted by Crippen LogP contribution is 2.28. The van der Waals surface area contributed by atoms with Crippen LogP contribution in [0.1, 0.15) is 26.7 Å². The predicted molar refractivity (Wildman–Crippen MR) is 117 cm³/mol. The standard InChI is InChI=1S/C13H16N4O.C8H17NO/c1-15-12-4-3-9(7-11(12)14)18-10-5-6-17-13(8-10)16-2;1-3-6-9(4-2)7-5-8-10/h3-8,15H,14H2,1-2H3,(H,16,17);8H,3-7H2,1-2H3. The zero-order chi connectivity index (χ0) is 20.8. The molecule has 0 spiro atoms. The summed E-state index contributed by atoms with van der Waals surface area (Å²) in [5.41, 5.74) is 7.41. The number of nitrogens with zero attached hydrogens (tertiary/aromatic N) is 2. The quantitative estimate of drug-likeness (QED) is 0.421. The second kappa shape index (κ2) is 13.4. The number of rotatable bonds is 10. The maximum atomic E-state index is 10.0. The van der Waals surface area contributed by atoms with E-state index in [9.17, 15) is 4.79 Å². The van der Waals surface area contributed by atoms with Gasteiger partial charge >= 0.3 is 0 Å². The highest BCUT2D eigenvalue weighted by atomic mass is 16.5. The van der Waals surface area contributed by atoms with Crippen molar-refractivity contribution in [3.8, 4) is 11.5 Å². The molecule has 1 aromatic heterocycles. The predicted octanol–water partition coefficient (Wildman–Crippen LogP) is 3.85. The third-order valence-electron chi connectivity index (χ3n) is 4.07. The maximum Gasteiger partial charge on any atom is 0.132 e. The summed E-state index contributed by atoms with van der Waals surface area (Å²) in [4.78, 5) is 16.4. The summed E-state index contributed by atoms with van der Waals surface area (Å²) in [6.45, 7) is 7.38. The van der Waals surface area contributed by atoms with Gasteiger partial charge in [0.2, 0.25) is 0 Å². The lowest BCUT2D eigenvalue weighted by Crippen LogP contribution is -2.25. The van der Waals surface area contributed by atoms with Crippen LogP contribution in [0.25, 0.3) is 0 Å². The molecular formula is C21H33N5O2. The Morgan fingerprint density at radius 3 is 2.43 bits per heavy atom. The molecule has 0 aliphatic rings. The van der Waals surface area contributed by atoms with E-state index in [0.717, 1.165) is 37.4 Å². The molecule has 0 saturated carbocycles. The molecule has 28 heavy (non-hydrogen) atoms. The van der Waals surface area contributed by atoms with Crippen LogP contribution in [0.3, 0.4) is 0 Å². The lowest BCUT2D eigenvalue weighted by Gasteiger charge is -2.17. The zero-order valence-corrected chi connectivity index (χ0v) is 17.4. The molecule has 2 rings (SSSR count). The van der Waals surface area contributed by atoms with Crippen molar-refractivity contribution in [3.05, 3.63) is 36.5 Å². The monoisotopic (exact) mass is 387 g/mol. The number of nitrogens with one attached hydrogen (secondary N) is 2. The molecule has 0 unspecified atom stereocenters. The normalized spacial score (nSPS) is 10.0. The van der Waals surface area contributed by atoms with E-state index in [2.05, 4.69) is 34.4 Å². The number of carbonyl (C=O) groups excluding carboxylic acids is 1. The van der Waals surface area contributed by atoms with Crippen LogP contribution in [-0.4, -0.2) is 49.9 Å². The number of nitrogen functional groups attached to an aromatic ring is 1. The first-order chi connectivity index (χ1) is 13.6. The highest BCUT2D eigenvalue weighted by Gasteiger charge is 2.02. The molecule has 0 radical (unpaired) electrons. The fraction of sp³-hybridized carbons (Fsp3) is 0.429. The average Bonchev–Trinajstić information content (AvgIpc) is 2.72. The van der Waals surface area contributed by atoms with E-state index in [-0.39, 0.29) is 0 Å². The van der Waals surface area contributed by atoms with Crippen molar-refractivity contribution in [1.82, 2.24) is 9.88 Å². The molecule has 1 aromatic carbocycles. The van der Waals surface area contributed by atoms with Crippen LogP contribution in [0.4, 0.5) is 17.2 Å². The molecule has 7 nitrogen and oxygen atoms in total. The van der Waals surface area contributed by atoms with Crippen molar-refractivity contribution in [2.75, 3.05) is 50.1 Å². The summed E-state index contributed by atoms with van der Waals surface area (Å²) in [5, 5.41) is 5.96. The lowest BCUT2D eigenvalue weighted by atomic mass is 10.2. The number of hydrogen-bond acceptors (Lipinski definition) is 7. The van der Waals surface area contributed by atoms with Gasteiger partial charge < -0.3 is 30.8 Å². The molecule has 1 heterocycles. The van der Waals surface area contributed by atoms with Crippen molar-refractivity contribution in [2.24, 2.45) is 0 Å². The van der Waals surface area contributed by atoms with Gasteiger partial charge in [-0.05, 0) is 37.7 Å². The molecule has 7 heteroatoms. The number of aromatic nitrogens is 1. The Labute approximate surface area is 168 Å². The number of anilines is 3. The summed E-state index contributed by atoms with van der Waals surface area (Å²) in [6.07, 6.45) is 4.52. The topological polar surface area (TPSA) is 92.5 Å². The van der Waals surface area contributed by atoms with Crippen LogP contribution >= 0.6 is 0 Å². The number of pyridine rings is 1. The number of carbonyl (C=O) groups is 1. The molecule has 0 aliphatic heterocycles. The molecule has 2 aromatic rings. The van der Waals surface area contributed by atoms with Gasteiger partial charge in [0, 0.05) is 45.4 Å². The summed E-state index contributed by atoms with van der Waals surface area (Å²) in [5.74, 6) is 2.16. The molecule has 0 amide bonds. The maximum absolute atomic E-state index is 10.0. The van der Waals surface area contributed by atoms with Crippen molar-refractivity contribution in [1.29, 1.82) is 0 Å². The minimum Gasteiger partial charge on any atom is -0.457 e. The number of benzene rings is 1. The Balaban J connectivity index is 0.000000336. The van der Waals surface area contributed by atoms with E-state index in [1.165, 1.54) is 6.42 Å². The van der Waals surface area contributed by atoms with Crippen molar-refractivity contribution in [3.63, 3.8) is 0 Å². The van der Waals surface area contributed by atoms with E-state index in [1.807, 2.05) is 32.3 Å². The minimum absolute atomic E-state index is 0.651. The van der Waals surface area contributed by atoms with Crippen LogP contribution in [-0.2, 0) is 4.79 Å². The molecule has 0 bridgehead atoms. The largest absolute Gasteiger partial charge is 0.457 e. The first-order valence-corrected chi connectivity index (χ1v) is 9.62. The first kappa shape index (κ1) is 23.2. The Morgan fingerprint density at radius 2 is 1.86 bits per heavy atom. The van der Waals surface area contributed by atoms with Crippen LogP contribution < -0.4 is 21.1 Å². The first-order valence-electron chi connectivity index (χ1n) is 9.62. The molecular weight excluding hydrogens is 354 g/mol. The summed E-state index contributed by atoms with van der Waals surface area (Å²) in [6, 6.07) is 9.14. The summed E-state index contributed by atoms with van der Waals surface area (Å²) < 4.78 is 5.71. The van der Waals surface area contributed by atoms with Gasteiger partial charge in [-0.2, -0.15) is 0 Å². The second-order valence-electron chi connectivity index (χ2n) is 6.12. The smallest absolute Gasteiger partial charge is 0.132 e. The van der Waals surface area contributed by atoms with Crippen molar-refractivity contribution >= 4 is 23.5 Å². The number of aldehydes is 1. The highest BCUT2D eigenvalue weighted by molar-refractivity contribution is 5.68. The fourth-order valence-electron chi connectivity index (χ4n) is 2.56. The number of ether oxygens (including phenoxy) is 1. The molecule has 0 atom stereocenters.